The summed E-state index contributed by atoms with van der Waals surface area (Å²) in [5, 5.41) is 0. The average Bonchev–Trinajstić information content (AvgIpc) is 3.23. The third-order valence-corrected chi connectivity index (χ3v) is 5.39. The maximum Gasteiger partial charge on any atom is 0.312 e. The molecule has 0 aromatic heterocycles. The van der Waals surface area contributed by atoms with Crippen LogP contribution in [-0.4, -0.2) is 41.6 Å². The summed E-state index contributed by atoms with van der Waals surface area (Å²) < 4.78 is 11.4. The smallest absolute Gasteiger partial charge is 0.312 e. The van der Waals surface area contributed by atoms with Crippen molar-refractivity contribution in [2.75, 3.05) is 13.2 Å². The lowest BCUT2D eigenvalue weighted by molar-refractivity contribution is -0.153. The topological polar surface area (TPSA) is 55.8 Å². The number of esters is 1. The first-order chi connectivity index (χ1) is 12.0. The van der Waals surface area contributed by atoms with Crippen molar-refractivity contribution in [2.45, 2.75) is 38.5 Å². The Morgan fingerprint density at radius 2 is 2.12 bits per heavy atom. The highest BCUT2D eigenvalue weighted by atomic mass is 16.6. The van der Waals surface area contributed by atoms with Crippen LogP contribution in [-0.2, 0) is 25.6 Å². The highest BCUT2D eigenvalue weighted by Crippen LogP contribution is 2.52. The molecule has 2 saturated heterocycles. The Labute approximate surface area is 147 Å². The zero-order valence-electron chi connectivity index (χ0n) is 14.6. The van der Waals surface area contributed by atoms with Crippen LogP contribution in [0.3, 0.4) is 0 Å². The Kier molecular flexibility index (Phi) is 3.91. The molecule has 4 atom stereocenters. The number of aryl methyl sites for hydroxylation is 1. The number of ether oxygens (including phenoxy) is 2. The average molecular weight is 341 g/mol. The quantitative estimate of drug-likeness (QED) is 0.609. The number of fused-ring (bicyclic) bond motifs is 1. The van der Waals surface area contributed by atoms with Gasteiger partial charge in [-0.15, -0.1) is 0 Å². The molecule has 1 aromatic carbocycles. The van der Waals surface area contributed by atoms with E-state index in [0.717, 1.165) is 12.0 Å². The molecule has 0 radical (unpaired) electrons. The Hall–Kier alpha value is -2.14. The van der Waals surface area contributed by atoms with E-state index in [-0.39, 0.29) is 18.0 Å². The predicted molar refractivity (Wildman–Crippen MR) is 91.6 cm³/mol. The molecule has 1 aromatic rings. The standard InChI is InChI=1S/C20H23NO4/c1-3-10-24-19(23)16-15-8-9-20(25-15)12-21(18(22)17(16)20)11-14-6-4-13(2)5-7-14/h4-9,15-17H,3,10-12H2,1-2H3. The van der Waals surface area contributed by atoms with Crippen molar-refractivity contribution in [1.29, 1.82) is 0 Å². The lowest BCUT2D eigenvalue weighted by Crippen LogP contribution is -2.40. The minimum Gasteiger partial charge on any atom is -0.465 e. The lowest BCUT2D eigenvalue weighted by atomic mass is 9.77. The van der Waals surface area contributed by atoms with Gasteiger partial charge in [0.2, 0.25) is 5.91 Å². The van der Waals surface area contributed by atoms with Crippen molar-refractivity contribution in [3.8, 4) is 0 Å². The number of hydrogen-bond donors (Lipinski definition) is 0. The molecule has 3 aliphatic rings. The first-order valence-corrected chi connectivity index (χ1v) is 8.92. The van der Waals surface area contributed by atoms with Crippen molar-refractivity contribution in [1.82, 2.24) is 4.90 Å². The molecule has 0 N–H and O–H groups in total. The van der Waals surface area contributed by atoms with E-state index in [1.165, 1.54) is 5.56 Å². The maximum absolute atomic E-state index is 13.0. The van der Waals surface area contributed by atoms with Gasteiger partial charge in [0.1, 0.15) is 11.5 Å². The molecule has 1 amide bonds. The molecule has 0 saturated carbocycles. The molecular weight excluding hydrogens is 318 g/mol. The second-order valence-corrected chi connectivity index (χ2v) is 7.25. The first-order valence-electron chi connectivity index (χ1n) is 8.92. The van der Waals surface area contributed by atoms with Crippen LogP contribution in [0.2, 0.25) is 0 Å². The van der Waals surface area contributed by atoms with E-state index in [4.69, 9.17) is 9.47 Å². The summed E-state index contributed by atoms with van der Waals surface area (Å²) >= 11 is 0. The van der Waals surface area contributed by atoms with E-state index < -0.39 is 17.4 Å². The Morgan fingerprint density at radius 1 is 1.36 bits per heavy atom. The number of hydrogen-bond acceptors (Lipinski definition) is 4. The van der Waals surface area contributed by atoms with E-state index in [0.29, 0.717) is 19.7 Å². The number of rotatable bonds is 5. The van der Waals surface area contributed by atoms with Gasteiger partial charge in [-0.05, 0) is 18.9 Å². The van der Waals surface area contributed by atoms with Gasteiger partial charge in [-0.1, -0.05) is 48.9 Å². The van der Waals surface area contributed by atoms with Crippen LogP contribution in [0.25, 0.3) is 0 Å². The Bertz CT molecular complexity index is 726. The van der Waals surface area contributed by atoms with Gasteiger partial charge in [0.25, 0.3) is 0 Å². The second kappa shape index (κ2) is 5.99. The summed E-state index contributed by atoms with van der Waals surface area (Å²) in [6, 6.07) is 8.16. The summed E-state index contributed by atoms with van der Waals surface area (Å²) in [4.78, 5) is 27.3. The van der Waals surface area contributed by atoms with Crippen molar-refractivity contribution in [2.24, 2.45) is 11.8 Å². The van der Waals surface area contributed by atoms with Gasteiger partial charge in [0, 0.05) is 6.54 Å². The molecule has 4 unspecified atom stereocenters. The zero-order chi connectivity index (χ0) is 17.6. The number of amides is 1. The SMILES string of the molecule is CCCOC(=O)C1C2C=CC3(CN(Cc4ccc(C)cc4)C(=O)C13)O2. The lowest BCUT2D eigenvalue weighted by Gasteiger charge is -2.22. The summed E-state index contributed by atoms with van der Waals surface area (Å²) in [7, 11) is 0. The predicted octanol–water partition coefficient (Wildman–Crippen LogP) is 2.23. The molecule has 2 bridgehead atoms. The summed E-state index contributed by atoms with van der Waals surface area (Å²) in [6.07, 6.45) is 4.32. The minimum atomic E-state index is -0.664. The highest BCUT2D eigenvalue weighted by molar-refractivity contribution is 5.91. The fourth-order valence-corrected chi connectivity index (χ4v) is 4.19. The normalized spacial score (nSPS) is 32.3. The molecule has 1 spiro atoms. The van der Waals surface area contributed by atoms with Crippen LogP contribution < -0.4 is 0 Å². The molecule has 0 aliphatic carbocycles. The third kappa shape index (κ3) is 2.58. The fraction of sp³-hybridized carbons (Fsp3) is 0.500. The van der Waals surface area contributed by atoms with Crippen molar-refractivity contribution in [3.63, 3.8) is 0 Å². The van der Waals surface area contributed by atoms with Crippen LogP contribution in [0.5, 0.6) is 0 Å². The molecule has 5 heteroatoms. The van der Waals surface area contributed by atoms with Gasteiger partial charge in [-0.25, -0.2) is 0 Å². The number of likely N-dealkylation sites (tertiary alicyclic amines) is 1. The van der Waals surface area contributed by atoms with E-state index in [9.17, 15) is 9.59 Å². The third-order valence-electron chi connectivity index (χ3n) is 5.39. The maximum atomic E-state index is 13.0. The van der Waals surface area contributed by atoms with Crippen LogP contribution in [0.4, 0.5) is 0 Å². The molecule has 4 rings (SSSR count). The number of benzene rings is 1. The van der Waals surface area contributed by atoms with Crippen molar-refractivity contribution in [3.05, 3.63) is 47.5 Å². The summed E-state index contributed by atoms with van der Waals surface area (Å²) in [6.45, 7) is 5.41. The van der Waals surface area contributed by atoms with E-state index in [1.807, 2.05) is 50.3 Å². The van der Waals surface area contributed by atoms with Crippen LogP contribution in [0, 0.1) is 18.8 Å². The largest absolute Gasteiger partial charge is 0.465 e. The Balaban J connectivity index is 1.55. The summed E-state index contributed by atoms with van der Waals surface area (Å²) in [5.41, 5.74) is 1.61. The highest BCUT2D eigenvalue weighted by Gasteiger charge is 2.67. The fourth-order valence-electron chi connectivity index (χ4n) is 4.19. The number of carbonyl (C=O) groups is 2. The van der Waals surface area contributed by atoms with Gasteiger partial charge in [-0.3, -0.25) is 9.59 Å². The monoisotopic (exact) mass is 341 g/mol. The molecule has 3 aliphatic heterocycles. The van der Waals surface area contributed by atoms with Gasteiger partial charge < -0.3 is 14.4 Å². The number of nitrogens with zero attached hydrogens (tertiary/aromatic N) is 1. The van der Waals surface area contributed by atoms with Crippen LogP contribution in [0.15, 0.2) is 36.4 Å². The van der Waals surface area contributed by atoms with Crippen molar-refractivity contribution >= 4 is 11.9 Å². The minimum absolute atomic E-state index is 0.00845. The van der Waals surface area contributed by atoms with E-state index >= 15 is 0 Å². The van der Waals surface area contributed by atoms with E-state index in [1.54, 1.807) is 4.90 Å². The zero-order valence-corrected chi connectivity index (χ0v) is 14.6. The van der Waals surface area contributed by atoms with Gasteiger partial charge >= 0.3 is 5.97 Å². The second-order valence-electron chi connectivity index (χ2n) is 7.25. The molecule has 3 heterocycles. The van der Waals surface area contributed by atoms with Gasteiger partial charge in [0.05, 0.1) is 25.2 Å². The Morgan fingerprint density at radius 3 is 2.84 bits per heavy atom. The summed E-state index contributed by atoms with van der Waals surface area (Å²) in [5.74, 6) is -1.30. The van der Waals surface area contributed by atoms with Crippen LogP contribution in [0.1, 0.15) is 24.5 Å². The van der Waals surface area contributed by atoms with Crippen LogP contribution >= 0.6 is 0 Å². The molecule has 5 nitrogen and oxygen atoms in total. The molecule has 132 valence electrons. The van der Waals surface area contributed by atoms with Gasteiger partial charge in [-0.2, -0.15) is 0 Å². The molecular formula is C20H23NO4. The molecule has 25 heavy (non-hydrogen) atoms. The van der Waals surface area contributed by atoms with E-state index in [2.05, 4.69) is 0 Å². The molecule has 2 fully saturated rings. The first kappa shape index (κ1) is 16.3. The van der Waals surface area contributed by atoms with Crippen molar-refractivity contribution < 1.29 is 19.1 Å². The van der Waals surface area contributed by atoms with Gasteiger partial charge in [0.15, 0.2) is 0 Å². The number of carbonyl (C=O) groups excluding carboxylic acids is 2.